The van der Waals surface area contributed by atoms with Crippen LogP contribution in [0.25, 0.3) is 0 Å². The molecule has 0 aliphatic carbocycles. The molecule has 1 heterocycles. The number of primary amides is 1. The van der Waals surface area contributed by atoms with Gasteiger partial charge in [-0.15, -0.1) is 0 Å². The highest BCUT2D eigenvalue weighted by molar-refractivity contribution is 5.95. The largest absolute Gasteiger partial charge is 0.456 e. The van der Waals surface area contributed by atoms with Crippen LogP contribution in [0.3, 0.4) is 0 Å². The van der Waals surface area contributed by atoms with E-state index in [1.165, 1.54) is 6.20 Å². The van der Waals surface area contributed by atoms with Gasteiger partial charge in [-0.1, -0.05) is 18.2 Å². The third-order valence-corrected chi connectivity index (χ3v) is 2.36. The van der Waals surface area contributed by atoms with Gasteiger partial charge in [0.15, 0.2) is 0 Å². The van der Waals surface area contributed by atoms with Gasteiger partial charge in [0.1, 0.15) is 17.1 Å². The monoisotopic (exact) mass is 228 g/mol. The number of nitrogens with two attached hydrogens (primary N) is 1. The van der Waals surface area contributed by atoms with Crippen molar-refractivity contribution >= 4 is 5.91 Å². The van der Waals surface area contributed by atoms with Gasteiger partial charge in [0, 0.05) is 12.4 Å². The molecule has 0 aliphatic rings. The fraction of sp³-hybridized carbons (Fsp3) is 0.0769. The molecule has 2 aromatic rings. The molecule has 1 aromatic heterocycles. The van der Waals surface area contributed by atoms with Gasteiger partial charge >= 0.3 is 0 Å². The minimum absolute atomic E-state index is 0.274. The number of carbonyl (C=O) groups excluding carboxylic acids is 1. The van der Waals surface area contributed by atoms with Crippen LogP contribution < -0.4 is 10.5 Å². The topological polar surface area (TPSA) is 65.2 Å². The Hall–Kier alpha value is -2.36. The van der Waals surface area contributed by atoms with E-state index in [2.05, 4.69) is 4.98 Å². The van der Waals surface area contributed by atoms with Crippen LogP contribution in [0, 0.1) is 6.92 Å². The summed E-state index contributed by atoms with van der Waals surface area (Å²) in [6, 6.07) is 9.17. The number of hydrogen-bond acceptors (Lipinski definition) is 3. The van der Waals surface area contributed by atoms with Crippen molar-refractivity contribution in [1.82, 2.24) is 4.98 Å². The van der Waals surface area contributed by atoms with Crippen LogP contribution in [-0.4, -0.2) is 10.9 Å². The number of nitrogens with zero attached hydrogens (tertiary/aromatic N) is 1. The number of aromatic nitrogens is 1. The maximum Gasteiger partial charge on any atom is 0.254 e. The molecule has 4 nitrogen and oxygen atoms in total. The molecular formula is C13H12N2O2. The summed E-state index contributed by atoms with van der Waals surface area (Å²) in [5, 5.41) is 0. The first kappa shape index (κ1) is 11.1. The summed E-state index contributed by atoms with van der Waals surface area (Å²) in [7, 11) is 0. The van der Waals surface area contributed by atoms with Crippen molar-refractivity contribution in [3.63, 3.8) is 0 Å². The van der Waals surface area contributed by atoms with Crippen LogP contribution in [-0.2, 0) is 0 Å². The van der Waals surface area contributed by atoms with Gasteiger partial charge in [-0.2, -0.15) is 0 Å². The summed E-state index contributed by atoms with van der Waals surface area (Å²) in [6.45, 7) is 1.93. The highest BCUT2D eigenvalue weighted by Gasteiger charge is 2.10. The molecule has 0 atom stereocenters. The fourth-order valence-corrected chi connectivity index (χ4v) is 1.45. The fourth-order valence-electron chi connectivity index (χ4n) is 1.45. The molecule has 17 heavy (non-hydrogen) atoms. The van der Waals surface area contributed by atoms with Gasteiger partial charge in [-0.3, -0.25) is 9.78 Å². The van der Waals surface area contributed by atoms with E-state index in [1.54, 1.807) is 12.3 Å². The van der Waals surface area contributed by atoms with Gasteiger partial charge < -0.3 is 10.5 Å². The molecule has 0 spiro atoms. The van der Waals surface area contributed by atoms with Gasteiger partial charge in [0.05, 0.1) is 0 Å². The van der Waals surface area contributed by atoms with Crippen LogP contribution in [0.2, 0.25) is 0 Å². The highest BCUT2D eigenvalue weighted by Crippen LogP contribution is 2.26. The number of aryl methyl sites for hydroxylation is 1. The predicted octanol–water partition coefficient (Wildman–Crippen LogP) is 2.28. The van der Waals surface area contributed by atoms with E-state index >= 15 is 0 Å². The molecule has 1 aromatic carbocycles. The zero-order valence-corrected chi connectivity index (χ0v) is 9.38. The van der Waals surface area contributed by atoms with Crippen molar-refractivity contribution < 1.29 is 9.53 Å². The quantitative estimate of drug-likeness (QED) is 0.876. The summed E-state index contributed by atoms with van der Waals surface area (Å²) in [4.78, 5) is 15.0. The summed E-state index contributed by atoms with van der Waals surface area (Å²) < 4.78 is 5.66. The van der Waals surface area contributed by atoms with Crippen molar-refractivity contribution in [3.05, 3.63) is 53.9 Å². The van der Waals surface area contributed by atoms with Gasteiger partial charge in [0.25, 0.3) is 5.91 Å². The number of pyridine rings is 1. The standard InChI is InChI=1S/C13H12N2O2/c1-9-4-2-3-5-11(9)17-12-6-7-15-8-10(12)13(14)16/h2-8H,1H3,(H2,14,16). The molecule has 86 valence electrons. The Bertz CT molecular complexity index is 553. The van der Waals surface area contributed by atoms with E-state index in [-0.39, 0.29) is 5.56 Å². The maximum atomic E-state index is 11.2. The van der Waals surface area contributed by atoms with Gasteiger partial charge in [-0.05, 0) is 24.6 Å². The summed E-state index contributed by atoms with van der Waals surface area (Å²) in [5.41, 5.74) is 6.51. The molecule has 0 fully saturated rings. The van der Waals surface area contributed by atoms with E-state index in [0.29, 0.717) is 11.5 Å². The summed E-state index contributed by atoms with van der Waals surface area (Å²) >= 11 is 0. The molecule has 2 N–H and O–H groups in total. The number of carbonyl (C=O) groups is 1. The maximum absolute atomic E-state index is 11.2. The SMILES string of the molecule is Cc1ccccc1Oc1ccncc1C(N)=O. The Kier molecular flexibility index (Phi) is 3.05. The zero-order chi connectivity index (χ0) is 12.3. The number of para-hydroxylation sites is 1. The Morgan fingerprint density at radius 2 is 2.00 bits per heavy atom. The lowest BCUT2D eigenvalue weighted by molar-refractivity contribution is 0.0997. The molecule has 0 saturated carbocycles. The number of rotatable bonds is 3. The van der Waals surface area contributed by atoms with Crippen LogP contribution in [0.1, 0.15) is 15.9 Å². The van der Waals surface area contributed by atoms with E-state index < -0.39 is 5.91 Å². The normalized spacial score (nSPS) is 9.94. The first-order valence-corrected chi connectivity index (χ1v) is 5.16. The smallest absolute Gasteiger partial charge is 0.254 e. The Morgan fingerprint density at radius 1 is 1.24 bits per heavy atom. The van der Waals surface area contributed by atoms with Gasteiger partial charge in [-0.25, -0.2) is 0 Å². The van der Waals surface area contributed by atoms with Crippen LogP contribution >= 0.6 is 0 Å². The van der Waals surface area contributed by atoms with Gasteiger partial charge in [0.2, 0.25) is 0 Å². The van der Waals surface area contributed by atoms with Crippen molar-refractivity contribution in [2.45, 2.75) is 6.92 Å². The zero-order valence-electron chi connectivity index (χ0n) is 9.38. The third-order valence-electron chi connectivity index (χ3n) is 2.36. The van der Waals surface area contributed by atoms with Crippen molar-refractivity contribution in [1.29, 1.82) is 0 Å². The lowest BCUT2D eigenvalue weighted by atomic mass is 10.2. The van der Waals surface area contributed by atoms with E-state index in [9.17, 15) is 4.79 Å². The number of amides is 1. The molecule has 0 radical (unpaired) electrons. The number of benzene rings is 1. The van der Waals surface area contributed by atoms with E-state index in [0.717, 1.165) is 5.56 Å². The van der Waals surface area contributed by atoms with Crippen molar-refractivity contribution in [2.75, 3.05) is 0 Å². The minimum Gasteiger partial charge on any atom is -0.456 e. The van der Waals surface area contributed by atoms with Crippen molar-refractivity contribution in [2.24, 2.45) is 5.73 Å². The Morgan fingerprint density at radius 3 is 2.71 bits per heavy atom. The second kappa shape index (κ2) is 4.65. The summed E-state index contributed by atoms with van der Waals surface area (Å²) in [5.74, 6) is 0.560. The Balaban J connectivity index is 2.37. The lowest BCUT2D eigenvalue weighted by Crippen LogP contribution is -2.12. The molecule has 1 amide bonds. The minimum atomic E-state index is -0.554. The average Bonchev–Trinajstić information content (AvgIpc) is 2.32. The number of hydrogen-bond donors (Lipinski definition) is 1. The molecule has 4 heteroatoms. The first-order valence-electron chi connectivity index (χ1n) is 5.16. The molecule has 0 unspecified atom stereocenters. The molecule has 0 bridgehead atoms. The number of ether oxygens (including phenoxy) is 1. The summed E-state index contributed by atoms with van der Waals surface area (Å²) in [6.07, 6.45) is 2.95. The second-order valence-electron chi connectivity index (χ2n) is 3.60. The second-order valence-corrected chi connectivity index (χ2v) is 3.60. The molecule has 2 rings (SSSR count). The first-order chi connectivity index (χ1) is 8.18. The van der Waals surface area contributed by atoms with Crippen LogP contribution in [0.4, 0.5) is 0 Å². The highest BCUT2D eigenvalue weighted by atomic mass is 16.5. The lowest BCUT2D eigenvalue weighted by Gasteiger charge is -2.10. The Labute approximate surface area is 99.1 Å². The molecule has 0 aliphatic heterocycles. The van der Waals surface area contributed by atoms with Crippen LogP contribution in [0.5, 0.6) is 11.5 Å². The van der Waals surface area contributed by atoms with Crippen LogP contribution in [0.15, 0.2) is 42.7 Å². The van der Waals surface area contributed by atoms with Crippen molar-refractivity contribution in [3.8, 4) is 11.5 Å². The van der Waals surface area contributed by atoms with E-state index in [1.807, 2.05) is 31.2 Å². The third kappa shape index (κ3) is 2.42. The van der Waals surface area contributed by atoms with E-state index in [4.69, 9.17) is 10.5 Å². The molecule has 0 saturated heterocycles. The molecular weight excluding hydrogens is 216 g/mol. The average molecular weight is 228 g/mol. The predicted molar refractivity (Wildman–Crippen MR) is 64.0 cm³/mol.